The fourth-order valence-electron chi connectivity index (χ4n) is 4.28. The van der Waals surface area contributed by atoms with Crippen LogP contribution in [0.5, 0.6) is 0 Å². The molecule has 1 heterocycles. The van der Waals surface area contributed by atoms with Crippen LogP contribution in [-0.4, -0.2) is 42.4 Å². The highest BCUT2D eigenvalue weighted by molar-refractivity contribution is 5.90. The van der Waals surface area contributed by atoms with Crippen LogP contribution in [0.25, 0.3) is 0 Å². The molecule has 8 nitrogen and oxygen atoms in total. The van der Waals surface area contributed by atoms with Gasteiger partial charge in [-0.3, -0.25) is 24.2 Å². The maximum absolute atomic E-state index is 13.4. The average molecular weight is 475 g/mol. The van der Waals surface area contributed by atoms with E-state index in [-0.39, 0.29) is 30.7 Å². The van der Waals surface area contributed by atoms with Crippen LogP contribution in [0.3, 0.4) is 0 Å². The molecule has 0 spiro atoms. The molecular formula is C26H42N4O4. The quantitative estimate of drug-likeness (QED) is 0.266. The van der Waals surface area contributed by atoms with E-state index < -0.39 is 12.0 Å². The van der Waals surface area contributed by atoms with E-state index in [0.717, 1.165) is 31.2 Å². The zero-order chi connectivity index (χ0) is 24.6. The Kier molecular flexibility index (Phi) is 13.3. The Morgan fingerprint density at radius 1 is 1.09 bits per heavy atom. The number of carbonyl (C=O) groups is 3. The number of nitrogens with zero attached hydrogens (tertiary/aromatic N) is 1. The largest absolute Gasteiger partial charge is 0.357 e. The molecule has 2 atom stereocenters. The van der Waals surface area contributed by atoms with Crippen molar-refractivity contribution in [1.29, 1.82) is 0 Å². The van der Waals surface area contributed by atoms with Crippen molar-refractivity contribution in [3.63, 3.8) is 0 Å². The van der Waals surface area contributed by atoms with Crippen molar-refractivity contribution in [3.05, 3.63) is 35.9 Å². The fraction of sp³-hybridized carbons (Fsp3) is 0.654. The summed E-state index contributed by atoms with van der Waals surface area (Å²) in [5.41, 5.74) is 6.52. The molecule has 1 aliphatic heterocycles. The molecule has 1 aromatic rings. The van der Waals surface area contributed by atoms with Crippen LogP contribution in [0.4, 0.5) is 0 Å². The fourth-order valence-corrected chi connectivity index (χ4v) is 4.28. The van der Waals surface area contributed by atoms with E-state index in [1.54, 1.807) is 7.05 Å². The summed E-state index contributed by atoms with van der Waals surface area (Å²) in [5.74, 6) is -1.22. The molecule has 0 bridgehead atoms. The number of rotatable bonds is 15. The summed E-state index contributed by atoms with van der Waals surface area (Å²) in [6.07, 6.45) is 10.0. The molecule has 3 amide bonds. The second-order valence-corrected chi connectivity index (χ2v) is 9.00. The first kappa shape index (κ1) is 27.8. The first-order valence-electron chi connectivity index (χ1n) is 12.8. The van der Waals surface area contributed by atoms with Crippen molar-refractivity contribution < 1.29 is 19.2 Å². The van der Waals surface area contributed by atoms with Crippen LogP contribution in [0.15, 0.2) is 30.3 Å². The van der Waals surface area contributed by atoms with E-state index in [1.807, 2.05) is 30.3 Å². The summed E-state index contributed by atoms with van der Waals surface area (Å²) in [6.45, 7) is 3.09. The van der Waals surface area contributed by atoms with Crippen molar-refractivity contribution in [2.45, 2.75) is 90.2 Å². The van der Waals surface area contributed by atoms with Gasteiger partial charge in [0, 0.05) is 25.9 Å². The molecule has 1 saturated heterocycles. The van der Waals surface area contributed by atoms with Crippen LogP contribution >= 0.6 is 0 Å². The Labute approximate surface area is 204 Å². The number of likely N-dealkylation sites (N-methyl/N-ethyl adjacent to an activating group) is 1. The molecule has 0 saturated carbocycles. The second-order valence-electron chi connectivity index (χ2n) is 9.00. The molecular weight excluding hydrogens is 432 g/mol. The number of hydrogen-bond donors (Lipinski definition) is 3. The van der Waals surface area contributed by atoms with Gasteiger partial charge in [0.15, 0.2) is 0 Å². The molecule has 0 aromatic heterocycles. The summed E-state index contributed by atoms with van der Waals surface area (Å²) < 4.78 is 0. The van der Waals surface area contributed by atoms with E-state index in [2.05, 4.69) is 23.1 Å². The highest BCUT2D eigenvalue weighted by Gasteiger charge is 2.36. The van der Waals surface area contributed by atoms with Gasteiger partial charge >= 0.3 is 0 Å². The van der Waals surface area contributed by atoms with Gasteiger partial charge in [-0.25, -0.2) is 10.9 Å². The first-order chi connectivity index (χ1) is 16.6. The Bertz CT molecular complexity index is 744. The van der Waals surface area contributed by atoms with Gasteiger partial charge in [-0.05, 0) is 24.8 Å². The summed E-state index contributed by atoms with van der Waals surface area (Å²) >= 11 is 0. The number of hydroxylamine groups is 1. The van der Waals surface area contributed by atoms with E-state index in [9.17, 15) is 14.4 Å². The van der Waals surface area contributed by atoms with Gasteiger partial charge in [-0.2, -0.15) is 0 Å². The zero-order valence-corrected chi connectivity index (χ0v) is 20.8. The topological polar surface area (TPSA) is 99.8 Å². The minimum atomic E-state index is -0.555. The van der Waals surface area contributed by atoms with Crippen LogP contribution < -0.4 is 16.2 Å². The summed E-state index contributed by atoms with van der Waals surface area (Å²) in [6, 6.07) is 9.01. The van der Waals surface area contributed by atoms with E-state index in [0.29, 0.717) is 19.4 Å². The van der Waals surface area contributed by atoms with E-state index >= 15 is 0 Å². The lowest BCUT2D eigenvalue weighted by Gasteiger charge is -2.37. The predicted molar refractivity (Wildman–Crippen MR) is 132 cm³/mol. The van der Waals surface area contributed by atoms with Gasteiger partial charge in [0.2, 0.25) is 17.7 Å². The summed E-state index contributed by atoms with van der Waals surface area (Å²) in [4.78, 5) is 43.7. The highest BCUT2D eigenvalue weighted by atomic mass is 16.6. The third-order valence-electron chi connectivity index (χ3n) is 6.24. The van der Waals surface area contributed by atoms with Gasteiger partial charge in [-0.15, -0.1) is 0 Å². The zero-order valence-electron chi connectivity index (χ0n) is 20.8. The normalized spacial score (nSPS) is 16.6. The molecule has 8 heteroatoms. The van der Waals surface area contributed by atoms with Crippen LogP contribution in [0.2, 0.25) is 0 Å². The number of amides is 3. The maximum Gasteiger partial charge on any atom is 0.244 e. The molecule has 2 rings (SSSR count). The molecule has 1 aliphatic rings. The molecule has 0 aliphatic carbocycles. The molecule has 0 radical (unpaired) electrons. The van der Waals surface area contributed by atoms with E-state index in [4.69, 9.17) is 4.84 Å². The van der Waals surface area contributed by atoms with Gasteiger partial charge in [0.1, 0.15) is 6.04 Å². The Morgan fingerprint density at radius 2 is 1.79 bits per heavy atom. The number of carbonyl (C=O) groups excluding carboxylic acids is 3. The standard InChI is InChI=1S/C26H42N4O4/c1-3-4-5-6-7-8-12-16-22(19-24(31)29-34-20-21-14-10-9-11-15-21)26(33)30-23(25(32)27-2)17-13-18-28-30/h9-11,14-15,22-23,28H,3-8,12-13,16-20H2,1-2H3,(H,27,32)(H,29,31)/t22-,23+/m1/s1. The minimum absolute atomic E-state index is 0.0299. The highest BCUT2D eigenvalue weighted by Crippen LogP contribution is 2.21. The molecule has 34 heavy (non-hydrogen) atoms. The van der Waals surface area contributed by atoms with Crippen LogP contribution in [-0.2, 0) is 25.8 Å². The van der Waals surface area contributed by atoms with Crippen LogP contribution in [0, 0.1) is 5.92 Å². The number of hydrazine groups is 1. The molecule has 3 N–H and O–H groups in total. The Morgan fingerprint density at radius 3 is 2.50 bits per heavy atom. The number of nitrogens with one attached hydrogen (secondary N) is 3. The third kappa shape index (κ3) is 9.81. The van der Waals surface area contributed by atoms with Crippen molar-refractivity contribution in [2.75, 3.05) is 13.6 Å². The first-order valence-corrected chi connectivity index (χ1v) is 12.8. The van der Waals surface area contributed by atoms with Crippen molar-refractivity contribution >= 4 is 17.7 Å². The molecule has 0 unspecified atom stereocenters. The van der Waals surface area contributed by atoms with Crippen molar-refractivity contribution in [2.24, 2.45) is 5.92 Å². The molecule has 1 fully saturated rings. The predicted octanol–water partition coefficient (Wildman–Crippen LogP) is 3.62. The Balaban J connectivity index is 1.93. The second kappa shape index (κ2) is 16.2. The number of unbranched alkanes of at least 4 members (excludes halogenated alkanes) is 6. The van der Waals surface area contributed by atoms with Gasteiger partial charge in [0.05, 0.1) is 6.61 Å². The lowest BCUT2D eigenvalue weighted by molar-refractivity contribution is -0.152. The van der Waals surface area contributed by atoms with Gasteiger partial charge in [-0.1, -0.05) is 82.2 Å². The summed E-state index contributed by atoms with van der Waals surface area (Å²) in [7, 11) is 1.58. The smallest absolute Gasteiger partial charge is 0.244 e. The number of benzene rings is 1. The van der Waals surface area contributed by atoms with Gasteiger partial charge in [0.25, 0.3) is 0 Å². The third-order valence-corrected chi connectivity index (χ3v) is 6.24. The maximum atomic E-state index is 13.4. The monoisotopic (exact) mass is 474 g/mol. The average Bonchev–Trinajstić information content (AvgIpc) is 2.87. The molecule has 190 valence electrons. The lowest BCUT2D eigenvalue weighted by atomic mass is 9.94. The van der Waals surface area contributed by atoms with Crippen LogP contribution in [0.1, 0.15) is 83.1 Å². The Hall–Kier alpha value is -2.45. The molecule has 1 aromatic carbocycles. The van der Waals surface area contributed by atoms with E-state index in [1.165, 1.54) is 30.7 Å². The number of hydrogen-bond acceptors (Lipinski definition) is 5. The van der Waals surface area contributed by atoms with Crippen molar-refractivity contribution in [3.8, 4) is 0 Å². The SMILES string of the molecule is CCCCCCCCC[C@H](CC(=O)NOCc1ccccc1)C(=O)N1NCCC[C@H]1C(=O)NC. The lowest BCUT2D eigenvalue weighted by Crippen LogP contribution is -2.59. The van der Waals surface area contributed by atoms with Crippen molar-refractivity contribution in [1.82, 2.24) is 21.2 Å². The summed E-state index contributed by atoms with van der Waals surface area (Å²) in [5, 5.41) is 4.10. The minimum Gasteiger partial charge on any atom is -0.357 e. The van der Waals surface area contributed by atoms with Gasteiger partial charge < -0.3 is 5.32 Å².